The van der Waals surface area contributed by atoms with Crippen LogP contribution >= 0.6 is 0 Å². The molecule has 1 amide bonds. The average molecular weight is 225 g/mol. The largest absolute Gasteiger partial charge is 0.469 e. The van der Waals surface area contributed by atoms with Crippen LogP contribution in [0.4, 0.5) is 5.69 Å². The molecule has 0 radical (unpaired) electrons. The Labute approximate surface area is 93.4 Å². The van der Waals surface area contributed by atoms with Crippen LogP contribution in [0.5, 0.6) is 0 Å². The smallest absolute Gasteiger partial charge is 0.307 e. The zero-order chi connectivity index (χ0) is 12.1. The Balaban J connectivity index is 2.47. The van der Waals surface area contributed by atoms with E-state index in [-0.39, 0.29) is 24.8 Å². The second kappa shape index (κ2) is 5.20. The summed E-state index contributed by atoms with van der Waals surface area (Å²) in [5.41, 5.74) is 6.53. The van der Waals surface area contributed by atoms with Gasteiger partial charge in [0.05, 0.1) is 19.2 Å². The summed E-state index contributed by atoms with van der Waals surface area (Å²) in [6.45, 7) is 0.247. The predicted octanol–water partition coefficient (Wildman–Crippen LogP) is -0.0998. The number of carbonyl (C=O) groups excluding carboxylic acids is 2. The highest BCUT2D eigenvalue weighted by Crippen LogP contribution is 2.08. The van der Waals surface area contributed by atoms with Gasteiger partial charge in [-0.25, -0.2) is 0 Å². The molecule has 16 heavy (non-hydrogen) atoms. The first-order chi connectivity index (χ1) is 7.54. The lowest BCUT2D eigenvalue weighted by molar-refractivity contribution is -0.140. The summed E-state index contributed by atoms with van der Waals surface area (Å²) < 4.78 is 6.08. The van der Waals surface area contributed by atoms with Crippen molar-refractivity contribution < 1.29 is 14.3 Å². The van der Waals surface area contributed by atoms with Crippen molar-refractivity contribution in [3.8, 4) is 0 Å². The van der Waals surface area contributed by atoms with Crippen molar-refractivity contribution in [2.75, 3.05) is 19.4 Å². The minimum atomic E-state index is -0.355. The number of anilines is 1. The van der Waals surface area contributed by atoms with Crippen LogP contribution in [0.25, 0.3) is 0 Å². The number of nitrogen functional groups attached to an aromatic ring is 1. The number of ether oxygens (including phenoxy) is 1. The maximum atomic E-state index is 11.6. The number of nitrogens with zero attached hydrogens (tertiary/aromatic N) is 1. The van der Waals surface area contributed by atoms with Crippen LogP contribution < -0.4 is 11.1 Å². The van der Waals surface area contributed by atoms with Gasteiger partial charge in [0, 0.05) is 19.8 Å². The van der Waals surface area contributed by atoms with E-state index in [1.165, 1.54) is 7.11 Å². The van der Waals surface area contributed by atoms with Gasteiger partial charge in [-0.3, -0.25) is 9.59 Å². The maximum Gasteiger partial charge on any atom is 0.307 e. The summed E-state index contributed by atoms with van der Waals surface area (Å²) in [7, 11) is 3.04. The Morgan fingerprint density at radius 3 is 2.75 bits per heavy atom. The predicted molar refractivity (Wildman–Crippen MR) is 58.8 cm³/mol. The van der Waals surface area contributed by atoms with E-state index < -0.39 is 0 Å². The van der Waals surface area contributed by atoms with Crippen LogP contribution in [0.3, 0.4) is 0 Å². The fraction of sp³-hybridized carbons (Fsp3) is 0.400. The molecule has 1 rings (SSSR count). The van der Waals surface area contributed by atoms with Gasteiger partial charge in [0.2, 0.25) is 0 Å². The van der Waals surface area contributed by atoms with Crippen molar-refractivity contribution in [3.05, 3.63) is 18.0 Å². The van der Waals surface area contributed by atoms with Gasteiger partial charge in [-0.05, 0) is 6.07 Å². The van der Waals surface area contributed by atoms with E-state index in [0.29, 0.717) is 11.4 Å². The maximum absolute atomic E-state index is 11.6. The lowest BCUT2D eigenvalue weighted by Gasteiger charge is -2.04. The van der Waals surface area contributed by atoms with Gasteiger partial charge < -0.3 is 20.4 Å². The van der Waals surface area contributed by atoms with Gasteiger partial charge in [0.15, 0.2) is 0 Å². The van der Waals surface area contributed by atoms with Crippen LogP contribution in [0, 0.1) is 0 Å². The number of rotatable bonds is 4. The zero-order valence-corrected chi connectivity index (χ0v) is 9.32. The van der Waals surface area contributed by atoms with E-state index in [1.807, 2.05) is 0 Å². The number of hydrogen-bond donors (Lipinski definition) is 2. The molecule has 6 heteroatoms. The first-order valence-electron chi connectivity index (χ1n) is 4.81. The molecule has 0 aliphatic rings. The number of carbonyl (C=O) groups is 2. The summed E-state index contributed by atoms with van der Waals surface area (Å²) in [5.74, 6) is -0.616. The molecule has 0 aliphatic heterocycles. The number of hydrogen-bond acceptors (Lipinski definition) is 4. The van der Waals surface area contributed by atoms with Crippen molar-refractivity contribution in [1.82, 2.24) is 9.88 Å². The highest BCUT2D eigenvalue weighted by molar-refractivity contribution is 5.93. The molecule has 0 saturated heterocycles. The van der Waals surface area contributed by atoms with E-state index in [9.17, 15) is 9.59 Å². The zero-order valence-electron chi connectivity index (χ0n) is 9.32. The Kier molecular flexibility index (Phi) is 3.93. The molecule has 0 atom stereocenters. The number of aryl methyl sites for hydroxylation is 1. The van der Waals surface area contributed by atoms with Crippen molar-refractivity contribution in [1.29, 1.82) is 0 Å². The SMILES string of the molecule is COC(=O)CCNC(=O)c1cc(N)cn1C. The Bertz CT molecular complexity index is 398. The molecule has 1 aromatic rings. The minimum Gasteiger partial charge on any atom is -0.469 e. The molecule has 0 bridgehead atoms. The van der Waals surface area contributed by atoms with Gasteiger partial charge >= 0.3 is 5.97 Å². The van der Waals surface area contributed by atoms with Crippen molar-refractivity contribution in [3.63, 3.8) is 0 Å². The van der Waals surface area contributed by atoms with Gasteiger partial charge in [0.25, 0.3) is 5.91 Å². The van der Waals surface area contributed by atoms with E-state index in [2.05, 4.69) is 10.1 Å². The molecular formula is C10H15N3O3. The molecule has 1 aromatic heterocycles. The van der Waals surface area contributed by atoms with Gasteiger partial charge in [-0.2, -0.15) is 0 Å². The molecular weight excluding hydrogens is 210 g/mol. The first-order valence-corrected chi connectivity index (χ1v) is 4.81. The Hall–Kier alpha value is -1.98. The fourth-order valence-electron chi connectivity index (χ4n) is 1.29. The highest BCUT2D eigenvalue weighted by Gasteiger charge is 2.10. The summed E-state index contributed by atoms with van der Waals surface area (Å²) in [4.78, 5) is 22.4. The Morgan fingerprint density at radius 1 is 1.56 bits per heavy atom. The third kappa shape index (κ3) is 3.01. The van der Waals surface area contributed by atoms with Crippen molar-refractivity contribution in [2.24, 2.45) is 7.05 Å². The third-order valence-corrected chi connectivity index (χ3v) is 2.10. The minimum absolute atomic E-state index is 0.155. The normalized spacial score (nSPS) is 9.88. The molecule has 0 fully saturated rings. The quantitative estimate of drug-likeness (QED) is 0.700. The number of amides is 1. The highest BCUT2D eigenvalue weighted by atomic mass is 16.5. The third-order valence-electron chi connectivity index (χ3n) is 2.10. The molecule has 1 heterocycles. The van der Waals surface area contributed by atoms with Gasteiger partial charge in [-0.1, -0.05) is 0 Å². The summed E-state index contributed by atoms with van der Waals surface area (Å²) in [6, 6.07) is 1.58. The molecule has 0 aromatic carbocycles. The molecule has 0 aliphatic carbocycles. The fourth-order valence-corrected chi connectivity index (χ4v) is 1.29. The number of esters is 1. The second-order valence-corrected chi connectivity index (χ2v) is 3.35. The van der Waals surface area contributed by atoms with E-state index in [1.54, 1.807) is 23.9 Å². The lowest BCUT2D eigenvalue weighted by Crippen LogP contribution is -2.27. The van der Waals surface area contributed by atoms with Crippen molar-refractivity contribution >= 4 is 17.6 Å². The monoisotopic (exact) mass is 225 g/mol. The molecule has 6 nitrogen and oxygen atoms in total. The average Bonchev–Trinajstić information content (AvgIpc) is 2.57. The lowest BCUT2D eigenvalue weighted by atomic mass is 10.3. The molecule has 0 unspecified atom stereocenters. The van der Waals surface area contributed by atoms with Crippen LogP contribution in [0.15, 0.2) is 12.3 Å². The molecule has 0 spiro atoms. The number of aromatic nitrogens is 1. The summed E-state index contributed by atoms with van der Waals surface area (Å²) >= 11 is 0. The van der Waals surface area contributed by atoms with Gasteiger partial charge in [-0.15, -0.1) is 0 Å². The molecule has 3 N–H and O–H groups in total. The molecule has 88 valence electrons. The van der Waals surface area contributed by atoms with Crippen LogP contribution in [0.1, 0.15) is 16.9 Å². The first kappa shape index (κ1) is 12.1. The second-order valence-electron chi connectivity index (χ2n) is 3.35. The van der Waals surface area contributed by atoms with Gasteiger partial charge in [0.1, 0.15) is 5.69 Å². The topological polar surface area (TPSA) is 86.3 Å². The summed E-state index contributed by atoms with van der Waals surface area (Å²) in [5, 5.41) is 2.60. The van der Waals surface area contributed by atoms with E-state index in [4.69, 9.17) is 5.73 Å². The van der Waals surface area contributed by atoms with E-state index >= 15 is 0 Å². The van der Waals surface area contributed by atoms with Crippen LogP contribution in [-0.4, -0.2) is 30.1 Å². The standard InChI is InChI=1S/C10H15N3O3/c1-13-6-7(11)5-8(13)10(15)12-4-3-9(14)16-2/h5-6H,3-4,11H2,1-2H3,(H,12,15). The van der Waals surface area contributed by atoms with Crippen LogP contribution in [0.2, 0.25) is 0 Å². The number of nitrogens with two attached hydrogens (primary N) is 1. The van der Waals surface area contributed by atoms with Crippen LogP contribution in [-0.2, 0) is 16.6 Å². The van der Waals surface area contributed by atoms with Crippen molar-refractivity contribution in [2.45, 2.75) is 6.42 Å². The van der Waals surface area contributed by atoms with E-state index in [0.717, 1.165) is 0 Å². The summed E-state index contributed by atoms with van der Waals surface area (Å²) in [6.07, 6.45) is 1.80. The Morgan fingerprint density at radius 2 is 2.25 bits per heavy atom. The molecule has 0 saturated carbocycles. The number of methoxy groups -OCH3 is 1. The number of nitrogens with one attached hydrogen (secondary N) is 1.